The van der Waals surface area contributed by atoms with E-state index in [-0.39, 0.29) is 22.0 Å². The van der Waals surface area contributed by atoms with Crippen molar-refractivity contribution in [1.82, 2.24) is 0 Å². The van der Waals surface area contributed by atoms with E-state index in [4.69, 9.17) is 14.2 Å². The average Bonchev–Trinajstić information content (AvgIpc) is 2.84. The van der Waals surface area contributed by atoms with Crippen LogP contribution in [0.15, 0.2) is 70.7 Å². The normalized spacial score (nSPS) is 11.1. The molecule has 0 saturated carbocycles. The van der Waals surface area contributed by atoms with Crippen LogP contribution in [0.1, 0.15) is 5.56 Å². The molecule has 0 spiro atoms. The molecule has 178 valence electrons. The van der Waals surface area contributed by atoms with E-state index in [0.717, 1.165) is 6.07 Å². The number of non-ortho nitro benzene ring substituents is 1. The summed E-state index contributed by atoms with van der Waals surface area (Å²) < 4.78 is 44.3. The Morgan fingerprint density at radius 1 is 0.882 bits per heavy atom. The van der Waals surface area contributed by atoms with Gasteiger partial charge in [-0.3, -0.25) is 20.3 Å². The summed E-state index contributed by atoms with van der Waals surface area (Å²) in [6.07, 6.45) is 1.44. The molecular formula is C22H22N4O7S. The van der Waals surface area contributed by atoms with Crippen molar-refractivity contribution in [3.8, 4) is 17.2 Å². The Morgan fingerprint density at radius 2 is 1.59 bits per heavy atom. The Hall–Kier alpha value is -4.32. The van der Waals surface area contributed by atoms with Gasteiger partial charge in [0.25, 0.3) is 15.7 Å². The van der Waals surface area contributed by atoms with E-state index in [1.54, 1.807) is 36.4 Å². The van der Waals surface area contributed by atoms with Crippen molar-refractivity contribution in [3.05, 3.63) is 76.3 Å². The Morgan fingerprint density at radius 3 is 2.26 bits per heavy atom. The maximum atomic E-state index is 13.1. The SMILES string of the molecule is COc1ccccc1NS(=O)(=O)c1cc([N+](=O)[O-])ccc1N/N=C/c1ccc(OC)c(OC)c1. The van der Waals surface area contributed by atoms with Gasteiger partial charge in [0.2, 0.25) is 0 Å². The van der Waals surface area contributed by atoms with Crippen LogP contribution in [0.5, 0.6) is 17.2 Å². The zero-order chi connectivity index (χ0) is 24.7. The van der Waals surface area contributed by atoms with E-state index in [2.05, 4.69) is 15.2 Å². The Labute approximate surface area is 196 Å². The minimum Gasteiger partial charge on any atom is -0.495 e. The second-order valence-electron chi connectivity index (χ2n) is 6.73. The van der Waals surface area contributed by atoms with Gasteiger partial charge < -0.3 is 14.2 Å². The number of nitrogens with zero attached hydrogens (tertiary/aromatic N) is 2. The Balaban J connectivity index is 1.94. The summed E-state index contributed by atoms with van der Waals surface area (Å²) in [5.41, 5.74) is 3.10. The maximum absolute atomic E-state index is 13.1. The molecule has 0 aliphatic heterocycles. The van der Waals surface area contributed by atoms with Gasteiger partial charge in [-0.1, -0.05) is 12.1 Å². The number of para-hydroxylation sites is 2. The summed E-state index contributed by atoms with van der Waals surface area (Å²) >= 11 is 0. The van der Waals surface area contributed by atoms with Crippen LogP contribution in [-0.2, 0) is 10.0 Å². The first-order valence-corrected chi connectivity index (χ1v) is 11.2. The number of hydrogen-bond acceptors (Lipinski definition) is 9. The van der Waals surface area contributed by atoms with Gasteiger partial charge in [0.1, 0.15) is 10.6 Å². The number of ether oxygens (including phenoxy) is 3. The van der Waals surface area contributed by atoms with E-state index < -0.39 is 20.6 Å². The quantitative estimate of drug-likeness (QED) is 0.250. The Kier molecular flexibility index (Phi) is 7.53. The third kappa shape index (κ3) is 5.53. The monoisotopic (exact) mass is 486 g/mol. The second kappa shape index (κ2) is 10.5. The molecule has 0 bridgehead atoms. The molecule has 12 heteroatoms. The maximum Gasteiger partial charge on any atom is 0.270 e. The van der Waals surface area contributed by atoms with Crippen LogP contribution in [0.25, 0.3) is 0 Å². The van der Waals surface area contributed by atoms with Gasteiger partial charge in [0, 0.05) is 12.1 Å². The minimum atomic E-state index is -4.25. The van der Waals surface area contributed by atoms with Crippen molar-refractivity contribution in [1.29, 1.82) is 0 Å². The van der Waals surface area contributed by atoms with Crippen molar-refractivity contribution in [3.63, 3.8) is 0 Å². The summed E-state index contributed by atoms with van der Waals surface area (Å²) in [7, 11) is 0.161. The van der Waals surface area contributed by atoms with Gasteiger partial charge in [-0.15, -0.1) is 0 Å². The van der Waals surface area contributed by atoms with Crippen LogP contribution < -0.4 is 24.4 Å². The van der Waals surface area contributed by atoms with Gasteiger partial charge in [-0.25, -0.2) is 8.42 Å². The third-order valence-electron chi connectivity index (χ3n) is 4.62. The highest BCUT2D eigenvalue weighted by atomic mass is 32.2. The van der Waals surface area contributed by atoms with E-state index in [9.17, 15) is 18.5 Å². The molecule has 34 heavy (non-hydrogen) atoms. The van der Waals surface area contributed by atoms with Crippen molar-refractivity contribution >= 4 is 33.3 Å². The van der Waals surface area contributed by atoms with Crippen LogP contribution in [0, 0.1) is 10.1 Å². The number of benzene rings is 3. The molecule has 0 amide bonds. The lowest BCUT2D eigenvalue weighted by molar-refractivity contribution is -0.385. The van der Waals surface area contributed by atoms with Gasteiger partial charge >= 0.3 is 0 Å². The number of methoxy groups -OCH3 is 3. The largest absolute Gasteiger partial charge is 0.495 e. The predicted octanol–water partition coefficient (Wildman–Crippen LogP) is 3.87. The van der Waals surface area contributed by atoms with Gasteiger partial charge in [0.15, 0.2) is 11.5 Å². The lowest BCUT2D eigenvalue weighted by Crippen LogP contribution is -2.15. The summed E-state index contributed by atoms with van der Waals surface area (Å²) in [5.74, 6) is 1.32. The van der Waals surface area contributed by atoms with Crippen molar-refractivity contribution < 1.29 is 27.6 Å². The van der Waals surface area contributed by atoms with Gasteiger partial charge in [-0.2, -0.15) is 5.10 Å². The summed E-state index contributed by atoms with van der Waals surface area (Å²) in [4.78, 5) is 10.2. The number of sulfonamides is 1. The molecule has 0 heterocycles. The fraction of sp³-hybridized carbons (Fsp3) is 0.136. The van der Waals surface area contributed by atoms with E-state index in [0.29, 0.717) is 17.1 Å². The number of nitro groups is 1. The highest BCUT2D eigenvalue weighted by molar-refractivity contribution is 7.93. The molecule has 3 aromatic carbocycles. The number of anilines is 2. The van der Waals surface area contributed by atoms with Crippen molar-refractivity contribution in [2.45, 2.75) is 4.90 Å². The van der Waals surface area contributed by atoms with E-state index in [1.807, 2.05) is 0 Å². The summed E-state index contributed by atoms with van der Waals surface area (Å²) in [5, 5.41) is 15.3. The number of rotatable bonds is 10. The summed E-state index contributed by atoms with van der Waals surface area (Å²) in [6, 6.07) is 14.9. The molecule has 0 aromatic heterocycles. The number of hydrogen-bond donors (Lipinski definition) is 2. The predicted molar refractivity (Wildman–Crippen MR) is 128 cm³/mol. The standard InChI is InChI=1S/C22H22N4O7S/c1-31-19-7-5-4-6-17(19)25-34(29,30)22-13-16(26(27)28)9-10-18(22)24-23-14-15-8-11-20(32-2)21(12-15)33-3/h4-14,24-25H,1-3H3/b23-14+. The van der Waals surface area contributed by atoms with Crippen LogP contribution >= 0.6 is 0 Å². The molecule has 0 aliphatic carbocycles. The zero-order valence-electron chi connectivity index (χ0n) is 18.5. The smallest absolute Gasteiger partial charge is 0.270 e. The number of hydrazone groups is 1. The molecule has 0 unspecified atom stereocenters. The number of nitro benzene ring substituents is 1. The molecule has 2 N–H and O–H groups in total. The topological polar surface area (TPSA) is 141 Å². The molecule has 0 fully saturated rings. The minimum absolute atomic E-state index is 0.0322. The molecule has 0 atom stereocenters. The molecule has 0 saturated heterocycles. The first-order valence-electron chi connectivity index (χ1n) is 9.74. The molecular weight excluding hydrogens is 464 g/mol. The lowest BCUT2D eigenvalue weighted by Gasteiger charge is -2.14. The first-order chi connectivity index (χ1) is 16.3. The fourth-order valence-corrected chi connectivity index (χ4v) is 4.22. The Bertz CT molecular complexity index is 1330. The van der Waals surface area contributed by atoms with E-state index >= 15 is 0 Å². The second-order valence-corrected chi connectivity index (χ2v) is 8.38. The van der Waals surface area contributed by atoms with Crippen LogP contribution in [0.4, 0.5) is 17.1 Å². The molecule has 3 rings (SSSR count). The van der Waals surface area contributed by atoms with Crippen molar-refractivity contribution in [2.24, 2.45) is 5.10 Å². The highest BCUT2D eigenvalue weighted by Gasteiger charge is 2.23. The third-order valence-corrected chi connectivity index (χ3v) is 6.03. The lowest BCUT2D eigenvalue weighted by atomic mass is 10.2. The van der Waals surface area contributed by atoms with Gasteiger partial charge in [0.05, 0.1) is 43.8 Å². The fourth-order valence-electron chi connectivity index (χ4n) is 2.98. The highest BCUT2D eigenvalue weighted by Crippen LogP contribution is 2.31. The number of nitrogens with one attached hydrogen (secondary N) is 2. The first kappa shape index (κ1) is 24.3. The van der Waals surface area contributed by atoms with Crippen LogP contribution in [0.2, 0.25) is 0 Å². The zero-order valence-corrected chi connectivity index (χ0v) is 19.3. The van der Waals surface area contributed by atoms with Crippen LogP contribution in [-0.4, -0.2) is 40.9 Å². The summed E-state index contributed by atoms with van der Waals surface area (Å²) in [6.45, 7) is 0. The molecule has 11 nitrogen and oxygen atoms in total. The van der Waals surface area contributed by atoms with Gasteiger partial charge in [-0.05, 0) is 42.0 Å². The molecule has 0 aliphatic rings. The average molecular weight is 487 g/mol. The molecule has 0 radical (unpaired) electrons. The van der Waals surface area contributed by atoms with E-state index in [1.165, 1.54) is 45.7 Å². The molecule has 3 aromatic rings. The van der Waals surface area contributed by atoms with Crippen molar-refractivity contribution in [2.75, 3.05) is 31.5 Å². The van der Waals surface area contributed by atoms with Crippen LogP contribution in [0.3, 0.4) is 0 Å².